The average Bonchev–Trinajstić information content (AvgIpc) is 2.66. The summed E-state index contributed by atoms with van der Waals surface area (Å²) in [7, 11) is 0. The first-order valence-electron chi connectivity index (χ1n) is 4.24. The summed E-state index contributed by atoms with van der Waals surface area (Å²) in [5.41, 5.74) is 5.22. The van der Waals surface area contributed by atoms with Gasteiger partial charge in [-0.1, -0.05) is 11.6 Å². The Morgan fingerprint density at radius 1 is 1.50 bits per heavy atom. The highest BCUT2D eigenvalue weighted by atomic mass is 35.5. The summed E-state index contributed by atoms with van der Waals surface area (Å²) in [6, 6.07) is 1.11. The quantitative estimate of drug-likeness (QED) is 0.856. The molecule has 7 heteroatoms. The van der Waals surface area contributed by atoms with E-state index in [1.807, 2.05) is 0 Å². The van der Waals surface area contributed by atoms with Gasteiger partial charge in [-0.15, -0.1) is 0 Å². The van der Waals surface area contributed by atoms with Crippen LogP contribution in [0.3, 0.4) is 0 Å². The Kier molecular flexibility index (Phi) is 2.57. The van der Waals surface area contributed by atoms with Crippen LogP contribution >= 0.6 is 11.6 Å². The number of nitrogens with two attached hydrogens (primary N) is 1. The van der Waals surface area contributed by atoms with Crippen LogP contribution < -0.4 is 5.73 Å². The lowest BCUT2D eigenvalue weighted by molar-refractivity contribution is 0.100. The number of carbonyl (C=O) groups excluding carboxylic acids is 1. The molecule has 2 heterocycles. The second-order valence-corrected chi connectivity index (χ2v) is 3.43. The molecule has 2 aromatic heterocycles. The fourth-order valence-corrected chi connectivity index (χ4v) is 1.29. The zero-order chi connectivity index (χ0) is 11.7. The smallest absolute Gasteiger partial charge is 0.251 e. The van der Waals surface area contributed by atoms with Crippen molar-refractivity contribution in [2.45, 2.75) is 0 Å². The van der Waals surface area contributed by atoms with Gasteiger partial charge in [-0.25, -0.2) is 14.1 Å². The third-order valence-corrected chi connectivity index (χ3v) is 2.08. The molecule has 2 rings (SSSR count). The van der Waals surface area contributed by atoms with E-state index in [4.69, 9.17) is 17.3 Å². The molecule has 0 aliphatic rings. The molecule has 0 saturated carbocycles. The number of hydrogen-bond donors (Lipinski definition) is 1. The highest BCUT2D eigenvalue weighted by Crippen LogP contribution is 2.14. The van der Waals surface area contributed by atoms with Crippen molar-refractivity contribution in [1.82, 2.24) is 14.8 Å². The predicted molar refractivity (Wildman–Crippen MR) is 54.8 cm³/mol. The largest absolute Gasteiger partial charge is 0.366 e. The molecule has 0 fully saturated rings. The van der Waals surface area contributed by atoms with Gasteiger partial charge in [0.05, 0.1) is 16.8 Å². The molecule has 0 spiro atoms. The fourth-order valence-electron chi connectivity index (χ4n) is 1.14. The average molecular weight is 241 g/mol. The Balaban J connectivity index is 2.46. The Morgan fingerprint density at radius 3 is 2.81 bits per heavy atom. The zero-order valence-corrected chi connectivity index (χ0v) is 8.65. The van der Waals surface area contributed by atoms with E-state index in [0.29, 0.717) is 0 Å². The number of primary amides is 1. The highest BCUT2D eigenvalue weighted by Gasteiger charge is 2.10. The van der Waals surface area contributed by atoms with Crippen molar-refractivity contribution in [2.75, 3.05) is 0 Å². The molecule has 0 aromatic carbocycles. The van der Waals surface area contributed by atoms with Crippen molar-refractivity contribution in [3.05, 3.63) is 41.1 Å². The molecule has 5 nitrogen and oxygen atoms in total. The molecule has 2 aromatic rings. The summed E-state index contributed by atoms with van der Waals surface area (Å²) in [5.74, 6) is -1.32. The SMILES string of the molecule is NC(=O)c1cnn(-c2ncc(Cl)cc2F)c1. The van der Waals surface area contributed by atoms with Gasteiger partial charge in [0.15, 0.2) is 11.6 Å². The van der Waals surface area contributed by atoms with Gasteiger partial charge in [0.25, 0.3) is 5.91 Å². The van der Waals surface area contributed by atoms with Gasteiger partial charge in [0, 0.05) is 12.4 Å². The highest BCUT2D eigenvalue weighted by molar-refractivity contribution is 6.30. The predicted octanol–water partition coefficient (Wildman–Crippen LogP) is 1.16. The standard InChI is InChI=1S/C9H6ClFN4O/c10-6-1-7(11)9(13-3-6)15-4-5(2-14-15)8(12)16/h1-4H,(H2,12,16). The van der Waals surface area contributed by atoms with Crippen LogP contribution in [0.2, 0.25) is 5.02 Å². The molecule has 16 heavy (non-hydrogen) atoms. The van der Waals surface area contributed by atoms with Gasteiger partial charge in [0.2, 0.25) is 0 Å². The van der Waals surface area contributed by atoms with Crippen LogP contribution in [0.1, 0.15) is 10.4 Å². The molecule has 0 saturated heterocycles. The summed E-state index contributed by atoms with van der Waals surface area (Å²) in [5, 5.41) is 3.95. The third kappa shape index (κ3) is 1.87. The Hall–Kier alpha value is -1.95. The number of hydrogen-bond acceptors (Lipinski definition) is 3. The molecule has 0 bridgehead atoms. The number of aromatic nitrogens is 3. The van der Waals surface area contributed by atoms with Crippen LogP contribution in [0, 0.1) is 5.82 Å². The van der Waals surface area contributed by atoms with Crippen molar-refractivity contribution in [3.63, 3.8) is 0 Å². The van der Waals surface area contributed by atoms with E-state index in [0.717, 1.165) is 10.7 Å². The van der Waals surface area contributed by atoms with E-state index < -0.39 is 11.7 Å². The van der Waals surface area contributed by atoms with Crippen LogP contribution in [-0.4, -0.2) is 20.7 Å². The molecule has 82 valence electrons. The van der Waals surface area contributed by atoms with Gasteiger partial charge in [-0.05, 0) is 6.07 Å². The molecule has 2 N–H and O–H groups in total. The third-order valence-electron chi connectivity index (χ3n) is 1.87. The Bertz CT molecular complexity index is 554. The van der Waals surface area contributed by atoms with Gasteiger partial charge >= 0.3 is 0 Å². The number of carbonyl (C=O) groups is 1. The van der Waals surface area contributed by atoms with Gasteiger partial charge in [-0.2, -0.15) is 5.10 Å². The van der Waals surface area contributed by atoms with Crippen LogP contribution in [0.25, 0.3) is 5.82 Å². The summed E-state index contributed by atoms with van der Waals surface area (Å²) in [4.78, 5) is 14.6. The maximum Gasteiger partial charge on any atom is 0.251 e. The van der Waals surface area contributed by atoms with Crippen molar-refractivity contribution in [3.8, 4) is 5.82 Å². The monoisotopic (exact) mass is 240 g/mol. The molecule has 1 amide bonds. The number of rotatable bonds is 2. The molecule has 0 unspecified atom stereocenters. The van der Waals surface area contributed by atoms with E-state index in [9.17, 15) is 9.18 Å². The van der Waals surface area contributed by atoms with Gasteiger partial charge < -0.3 is 5.73 Å². The second-order valence-electron chi connectivity index (χ2n) is 3.00. The lowest BCUT2D eigenvalue weighted by Crippen LogP contribution is -2.09. The van der Waals surface area contributed by atoms with Crippen molar-refractivity contribution in [2.24, 2.45) is 5.73 Å². The maximum atomic E-state index is 13.4. The number of pyridine rings is 1. The van der Waals surface area contributed by atoms with Crippen LogP contribution in [-0.2, 0) is 0 Å². The summed E-state index contributed by atoms with van der Waals surface area (Å²) < 4.78 is 14.5. The zero-order valence-electron chi connectivity index (χ0n) is 7.89. The summed E-state index contributed by atoms with van der Waals surface area (Å²) in [6.07, 6.45) is 3.81. The molecular weight excluding hydrogens is 235 g/mol. The second kappa shape index (κ2) is 3.90. The lowest BCUT2D eigenvalue weighted by atomic mass is 10.3. The first-order valence-corrected chi connectivity index (χ1v) is 4.61. The number of nitrogens with zero attached hydrogens (tertiary/aromatic N) is 3. The number of halogens is 2. The minimum atomic E-state index is -0.638. The maximum absolute atomic E-state index is 13.4. The van der Waals surface area contributed by atoms with E-state index in [1.54, 1.807) is 0 Å². The first kappa shape index (κ1) is 10.6. The molecular formula is C9H6ClFN4O. The number of amides is 1. The summed E-state index contributed by atoms with van der Waals surface area (Å²) in [6.45, 7) is 0. The Morgan fingerprint density at radius 2 is 2.25 bits per heavy atom. The van der Waals surface area contributed by atoms with Crippen LogP contribution in [0.5, 0.6) is 0 Å². The van der Waals surface area contributed by atoms with Crippen LogP contribution in [0.15, 0.2) is 24.7 Å². The van der Waals surface area contributed by atoms with Crippen molar-refractivity contribution >= 4 is 17.5 Å². The van der Waals surface area contributed by atoms with E-state index >= 15 is 0 Å². The molecule has 0 atom stereocenters. The van der Waals surface area contributed by atoms with Gasteiger partial charge in [-0.3, -0.25) is 4.79 Å². The van der Waals surface area contributed by atoms with Gasteiger partial charge in [0.1, 0.15) is 0 Å². The molecule has 0 aliphatic carbocycles. The molecule has 0 aliphatic heterocycles. The Labute approximate surface area is 94.7 Å². The van der Waals surface area contributed by atoms with Crippen molar-refractivity contribution in [1.29, 1.82) is 0 Å². The minimum Gasteiger partial charge on any atom is -0.366 e. The first-order chi connectivity index (χ1) is 7.58. The molecule has 0 radical (unpaired) electrons. The van der Waals surface area contributed by atoms with E-state index in [2.05, 4.69) is 10.1 Å². The summed E-state index contributed by atoms with van der Waals surface area (Å²) >= 11 is 5.55. The normalized spacial score (nSPS) is 10.4. The van der Waals surface area contributed by atoms with E-state index in [-0.39, 0.29) is 16.4 Å². The topological polar surface area (TPSA) is 73.8 Å². The van der Waals surface area contributed by atoms with Crippen LogP contribution in [0.4, 0.5) is 4.39 Å². The van der Waals surface area contributed by atoms with E-state index in [1.165, 1.54) is 18.6 Å². The lowest BCUT2D eigenvalue weighted by Gasteiger charge is -2.01. The van der Waals surface area contributed by atoms with Crippen molar-refractivity contribution < 1.29 is 9.18 Å². The minimum absolute atomic E-state index is 0.0445. The fraction of sp³-hybridized carbons (Fsp3) is 0.